The largest absolute Gasteiger partial charge is 0.497 e. The van der Waals surface area contributed by atoms with E-state index in [2.05, 4.69) is 32.6 Å². The molecule has 6 nitrogen and oxygen atoms in total. The number of nitrogens with one attached hydrogen (secondary N) is 1. The highest BCUT2D eigenvalue weighted by molar-refractivity contribution is 7.15. The molecule has 0 saturated heterocycles. The maximum Gasteiger partial charge on any atom is 0.232 e. The van der Waals surface area contributed by atoms with E-state index in [1.807, 2.05) is 47.8 Å². The van der Waals surface area contributed by atoms with Gasteiger partial charge in [-0.3, -0.25) is 4.79 Å². The van der Waals surface area contributed by atoms with Crippen LogP contribution in [0.1, 0.15) is 16.3 Å². The quantitative estimate of drug-likeness (QED) is 0.436. The summed E-state index contributed by atoms with van der Waals surface area (Å²) in [5.74, 6) is 0.655. The Morgan fingerprint density at radius 2 is 1.83 bits per heavy atom. The van der Waals surface area contributed by atoms with Gasteiger partial charge in [-0.25, -0.2) is 4.98 Å². The number of rotatable bonds is 8. The molecule has 0 aliphatic rings. The average Bonchev–Trinajstić information content (AvgIpc) is 3.42. The molecule has 8 heteroatoms. The van der Waals surface area contributed by atoms with Gasteiger partial charge in [-0.2, -0.15) is 0 Å². The average molecular weight is 437 g/mol. The van der Waals surface area contributed by atoms with E-state index >= 15 is 0 Å². The third kappa shape index (κ3) is 5.28. The van der Waals surface area contributed by atoms with Gasteiger partial charge in [0.2, 0.25) is 11.0 Å². The molecule has 2 aromatic heterocycles. The van der Waals surface area contributed by atoms with E-state index in [4.69, 9.17) is 4.74 Å². The van der Waals surface area contributed by atoms with Crippen LogP contribution in [0.15, 0.2) is 60.0 Å². The molecule has 0 unspecified atom stereocenters. The number of nitrogens with zero attached hydrogens (tertiary/aromatic N) is 3. The van der Waals surface area contributed by atoms with Gasteiger partial charge >= 0.3 is 0 Å². The number of ether oxygens (including phenoxy) is 1. The number of thiazole rings is 1. The first-order valence-corrected chi connectivity index (χ1v) is 11.1. The van der Waals surface area contributed by atoms with E-state index in [1.54, 1.807) is 7.11 Å². The molecule has 30 heavy (non-hydrogen) atoms. The maximum atomic E-state index is 12.4. The molecule has 1 N–H and O–H groups in total. The molecule has 0 atom stereocenters. The second kappa shape index (κ2) is 9.60. The van der Waals surface area contributed by atoms with Gasteiger partial charge in [0.25, 0.3) is 0 Å². The number of aryl methyl sites for hydroxylation is 2. The highest BCUT2D eigenvalue weighted by Gasteiger charge is 2.12. The van der Waals surface area contributed by atoms with Gasteiger partial charge in [-0.15, -0.1) is 21.5 Å². The molecule has 4 rings (SSSR count). The summed E-state index contributed by atoms with van der Waals surface area (Å²) < 4.78 is 5.18. The molecule has 2 aromatic carbocycles. The lowest BCUT2D eigenvalue weighted by Crippen LogP contribution is -2.14. The van der Waals surface area contributed by atoms with Crippen molar-refractivity contribution in [1.82, 2.24) is 15.2 Å². The fourth-order valence-electron chi connectivity index (χ4n) is 2.88. The van der Waals surface area contributed by atoms with Crippen molar-refractivity contribution in [3.63, 3.8) is 0 Å². The molecule has 0 spiro atoms. The second-order valence-electron chi connectivity index (χ2n) is 6.58. The Balaban J connectivity index is 1.30. The Labute approximate surface area is 182 Å². The summed E-state index contributed by atoms with van der Waals surface area (Å²) in [4.78, 5) is 16.9. The molecule has 0 bridgehead atoms. The fourth-order valence-corrected chi connectivity index (χ4v) is 4.46. The molecule has 4 aromatic rings. The van der Waals surface area contributed by atoms with E-state index < -0.39 is 0 Å². The van der Waals surface area contributed by atoms with Crippen molar-refractivity contribution in [3.05, 3.63) is 76.2 Å². The molecule has 0 fully saturated rings. The van der Waals surface area contributed by atoms with Gasteiger partial charge in [0.1, 0.15) is 15.8 Å². The highest BCUT2D eigenvalue weighted by atomic mass is 32.1. The summed E-state index contributed by atoms with van der Waals surface area (Å²) in [6, 6.07) is 18.0. The first-order chi connectivity index (χ1) is 14.7. The van der Waals surface area contributed by atoms with Crippen LogP contribution in [0.4, 0.5) is 5.13 Å². The predicted octanol–water partition coefficient (Wildman–Crippen LogP) is 4.64. The van der Waals surface area contributed by atoms with Crippen LogP contribution in [0.25, 0.3) is 10.6 Å². The first kappa shape index (κ1) is 20.2. The van der Waals surface area contributed by atoms with Gasteiger partial charge in [0.15, 0.2) is 0 Å². The lowest BCUT2D eigenvalue weighted by atomic mass is 10.1. The number of methoxy groups -OCH3 is 1. The molecule has 152 valence electrons. The number of carbonyl (C=O) groups is 1. The Kier molecular flexibility index (Phi) is 6.46. The molecule has 0 radical (unpaired) electrons. The SMILES string of the molecule is COc1ccc(-c2nc(CC(=O)Nc3nnc(CCc4ccccc4)s3)cs2)cc1. The standard InChI is InChI=1S/C22H20N4O2S2/c1-28-18-10-8-16(9-11-18)21-23-17(14-29-21)13-19(27)24-22-26-25-20(30-22)12-7-15-5-3-2-4-6-15/h2-6,8-11,14H,7,12-13H2,1H3,(H,24,26,27). The summed E-state index contributed by atoms with van der Waals surface area (Å²) >= 11 is 2.93. The second-order valence-corrected chi connectivity index (χ2v) is 8.50. The van der Waals surface area contributed by atoms with E-state index in [-0.39, 0.29) is 12.3 Å². The first-order valence-electron chi connectivity index (χ1n) is 9.44. The number of amides is 1. The maximum absolute atomic E-state index is 12.4. The molecule has 0 saturated carbocycles. The zero-order valence-electron chi connectivity index (χ0n) is 16.4. The van der Waals surface area contributed by atoms with Crippen molar-refractivity contribution >= 4 is 33.7 Å². The molecule has 2 heterocycles. The molecule has 0 aliphatic heterocycles. The minimum absolute atomic E-state index is 0.146. The van der Waals surface area contributed by atoms with E-state index in [0.29, 0.717) is 5.13 Å². The van der Waals surface area contributed by atoms with Crippen molar-refractivity contribution in [2.75, 3.05) is 12.4 Å². The number of hydrogen-bond donors (Lipinski definition) is 1. The lowest BCUT2D eigenvalue weighted by molar-refractivity contribution is -0.115. The van der Waals surface area contributed by atoms with Crippen molar-refractivity contribution in [3.8, 4) is 16.3 Å². The minimum Gasteiger partial charge on any atom is -0.497 e. The monoisotopic (exact) mass is 436 g/mol. The van der Waals surface area contributed by atoms with Gasteiger partial charge < -0.3 is 10.1 Å². The van der Waals surface area contributed by atoms with Crippen molar-refractivity contribution in [1.29, 1.82) is 0 Å². The Hall–Kier alpha value is -3.10. The smallest absolute Gasteiger partial charge is 0.232 e. The van der Waals surface area contributed by atoms with Crippen LogP contribution in [0, 0.1) is 0 Å². The van der Waals surface area contributed by atoms with Crippen molar-refractivity contribution in [2.45, 2.75) is 19.3 Å². The molecular weight excluding hydrogens is 416 g/mol. The topological polar surface area (TPSA) is 77.0 Å². The number of aromatic nitrogens is 3. The van der Waals surface area contributed by atoms with Crippen LogP contribution in [0.3, 0.4) is 0 Å². The van der Waals surface area contributed by atoms with Gasteiger partial charge in [0.05, 0.1) is 19.2 Å². The zero-order chi connectivity index (χ0) is 20.8. The van der Waals surface area contributed by atoms with Crippen LogP contribution < -0.4 is 10.1 Å². The van der Waals surface area contributed by atoms with Crippen LogP contribution >= 0.6 is 22.7 Å². The zero-order valence-corrected chi connectivity index (χ0v) is 18.0. The Morgan fingerprint density at radius 3 is 2.60 bits per heavy atom. The van der Waals surface area contributed by atoms with Crippen LogP contribution in [0.5, 0.6) is 5.75 Å². The van der Waals surface area contributed by atoms with Gasteiger partial charge in [0, 0.05) is 17.4 Å². The predicted molar refractivity (Wildman–Crippen MR) is 120 cm³/mol. The normalized spacial score (nSPS) is 10.7. The van der Waals surface area contributed by atoms with Crippen LogP contribution in [-0.2, 0) is 24.1 Å². The van der Waals surface area contributed by atoms with Crippen molar-refractivity contribution < 1.29 is 9.53 Å². The van der Waals surface area contributed by atoms with E-state index in [9.17, 15) is 4.79 Å². The number of anilines is 1. The van der Waals surface area contributed by atoms with Gasteiger partial charge in [-0.05, 0) is 36.2 Å². The Bertz CT molecular complexity index is 1110. The molecule has 0 aliphatic carbocycles. The summed E-state index contributed by atoms with van der Waals surface area (Å²) in [7, 11) is 1.64. The third-order valence-electron chi connectivity index (χ3n) is 4.41. The van der Waals surface area contributed by atoms with Crippen LogP contribution in [0.2, 0.25) is 0 Å². The summed E-state index contributed by atoms with van der Waals surface area (Å²) in [5, 5.41) is 15.3. The fraction of sp³-hybridized carbons (Fsp3) is 0.182. The van der Waals surface area contributed by atoms with E-state index in [1.165, 1.54) is 28.2 Å². The third-order valence-corrected chi connectivity index (χ3v) is 6.25. The Morgan fingerprint density at radius 1 is 1.03 bits per heavy atom. The minimum atomic E-state index is -0.146. The van der Waals surface area contributed by atoms with Crippen LogP contribution in [-0.4, -0.2) is 28.2 Å². The van der Waals surface area contributed by atoms with Crippen molar-refractivity contribution in [2.24, 2.45) is 0 Å². The summed E-state index contributed by atoms with van der Waals surface area (Å²) in [6.45, 7) is 0. The molecular formula is C22H20N4O2S2. The lowest BCUT2D eigenvalue weighted by Gasteiger charge is -2.00. The summed E-state index contributed by atoms with van der Waals surface area (Å²) in [5.41, 5.74) is 2.99. The highest BCUT2D eigenvalue weighted by Crippen LogP contribution is 2.26. The number of benzene rings is 2. The summed E-state index contributed by atoms with van der Waals surface area (Å²) in [6.07, 6.45) is 1.90. The molecule has 1 amide bonds. The van der Waals surface area contributed by atoms with E-state index in [0.717, 1.165) is 39.9 Å². The number of hydrogen-bond acceptors (Lipinski definition) is 7. The van der Waals surface area contributed by atoms with Gasteiger partial charge in [-0.1, -0.05) is 41.7 Å². The number of carbonyl (C=O) groups excluding carboxylic acids is 1.